The summed E-state index contributed by atoms with van der Waals surface area (Å²) in [7, 11) is 0. The quantitative estimate of drug-likeness (QED) is 0.736. The number of nitrogens with one attached hydrogen (secondary N) is 1. The minimum Gasteiger partial charge on any atom is -0.307 e. The summed E-state index contributed by atoms with van der Waals surface area (Å²) >= 11 is 0. The molecule has 6 rings (SSSR count). The Kier molecular flexibility index (Phi) is 4.31. The standard InChI is InChI=1S/C25H26N2/c1-18-7-9-20(10-8-18)21-11-13-22(14-12-21)25-23-16-27(17-24(25)26-23)15-19-5-3-2-4-6-19/h2-14,23-26H,15-17H2,1H3/t23-,24+,25?. The molecule has 2 nitrogen and oxygen atoms in total. The van der Waals surface area contributed by atoms with Crippen LogP contribution in [0.1, 0.15) is 22.6 Å². The molecule has 2 bridgehead atoms. The fourth-order valence-corrected chi connectivity index (χ4v) is 4.69. The highest BCUT2D eigenvalue weighted by Crippen LogP contribution is 2.37. The van der Waals surface area contributed by atoms with Crippen molar-refractivity contribution in [1.82, 2.24) is 10.2 Å². The average molecular weight is 354 g/mol. The normalized spacial score (nSPS) is 24.4. The van der Waals surface area contributed by atoms with Gasteiger partial charge in [-0.25, -0.2) is 0 Å². The van der Waals surface area contributed by atoms with Gasteiger partial charge in [0.15, 0.2) is 0 Å². The maximum atomic E-state index is 3.75. The van der Waals surface area contributed by atoms with Gasteiger partial charge < -0.3 is 5.32 Å². The fraction of sp³-hybridized carbons (Fsp3) is 0.280. The van der Waals surface area contributed by atoms with Crippen LogP contribution < -0.4 is 5.32 Å². The molecule has 0 amide bonds. The number of piperidine rings is 1. The molecule has 1 N–H and O–H groups in total. The van der Waals surface area contributed by atoms with Gasteiger partial charge in [-0.15, -0.1) is 0 Å². The molecule has 3 heterocycles. The molecule has 2 heteroatoms. The summed E-state index contributed by atoms with van der Waals surface area (Å²) in [4.78, 5) is 2.60. The summed E-state index contributed by atoms with van der Waals surface area (Å²) in [5, 5.41) is 3.75. The Balaban J connectivity index is 1.26. The van der Waals surface area contributed by atoms with Crippen molar-refractivity contribution in [3.05, 3.63) is 95.6 Å². The zero-order valence-electron chi connectivity index (χ0n) is 15.8. The van der Waals surface area contributed by atoms with Gasteiger partial charge in [0.05, 0.1) is 0 Å². The van der Waals surface area contributed by atoms with Crippen LogP contribution in [0.4, 0.5) is 0 Å². The second kappa shape index (κ2) is 6.95. The Labute approximate surface area is 161 Å². The highest BCUT2D eigenvalue weighted by atomic mass is 15.3. The molecule has 3 fully saturated rings. The van der Waals surface area contributed by atoms with Gasteiger partial charge in [-0.1, -0.05) is 84.4 Å². The largest absolute Gasteiger partial charge is 0.307 e. The van der Waals surface area contributed by atoms with Crippen molar-refractivity contribution in [2.45, 2.75) is 31.5 Å². The molecular weight excluding hydrogens is 328 g/mol. The molecule has 0 saturated carbocycles. The van der Waals surface area contributed by atoms with Crippen LogP contribution in [-0.2, 0) is 6.54 Å². The highest BCUT2D eigenvalue weighted by Gasteiger charge is 2.46. The number of fused-ring (bicyclic) bond motifs is 2. The van der Waals surface area contributed by atoms with Crippen molar-refractivity contribution >= 4 is 0 Å². The molecule has 27 heavy (non-hydrogen) atoms. The maximum absolute atomic E-state index is 3.75. The molecule has 3 aliphatic heterocycles. The number of rotatable bonds is 4. The molecule has 1 unspecified atom stereocenters. The molecule has 3 aromatic rings. The summed E-state index contributed by atoms with van der Waals surface area (Å²) in [5.41, 5.74) is 6.82. The van der Waals surface area contributed by atoms with Gasteiger partial charge in [0, 0.05) is 37.6 Å². The van der Waals surface area contributed by atoms with Gasteiger partial charge in [0.2, 0.25) is 0 Å². The Morgan fingerprint density at radius 2 is 1.37 bits per heavy atom. The number of hydrogen-bond donors (Lipinski definition) is 1. The Morgan fingerprint density at radius 1 is 0.778 bits per heavy atom. The lowest BCUT2D eigenvalue weighted by atomic mass is 9.74. The first-order valence-corrected chi connectivity index (χ1v) is 9.95. The van der Waals surface area contributed by atoms with E-state index in [4.69, 9.17) is 0 Å². The second-order valence-electron chi connectivity index (χ2n) is 8.07. The van der Waals surface area contributed by atoms with Gasteiger partial charge >= 0.3 is 0 Å². The number of benzene rings is 3. The number of nitrogens with zero attached hydrogens (tertiary/aromatic N) is 1. The van der Waals surface area contributed by atoms with Crippen molar-refractivity contribution in [2.24, 2.45) is 0 Å². The fourth-order valence-electron chi connectivity index (χ4n) is 4.69. The lowest BCUT2D eigenvalue weighted by molar-refractivity contribution is 0.0471. The maximum Gasteiger partial charge on any atom is 0.0282 e. The third kappa shape index (κ3) is 3.31. The van der Waals surface area contributed by atoms with E-state index in [2.05, 4.69) is 96.0 Å². The van der Waals surface area contributed by atoms with Crippen molar-refractivity contribution < 1.29 is 0 Å². The van der Waals surface area contributed by atoms with E-state index in [1.54, 1.807) is 0 Å². The van der Waals surface area contributed by atoms with Crippen LogP contribution in [0.25, 0.3) is 11.1 Å². The lowest BCUT2D eigenvalue weighted by Crippen LogP contribution is -2.71. The minimum absolute atomic E-state index is 0.581. The van der Waals surface area contributed by atoms with Crippen LogP contribution in [0.15, 0.2) is 78.9 Å². The first kappa shape index (κ1) is 16.7. The van der Waals surface area contributed by atoms with Crippen LogP contribution in [0.5, 0.6) is 0 Å². The Hall–Kier alpha value is -2.42. The van der Waals surface area contributed by atoms with E-state index in [0.717, 1.165) is 19.6 Å². The van der Waals surface area contributed by atoms with Crippen LogP contribution in [-0.4, -0.2) is 30.1 Å². The molecule has 0 radical (unpaired) electrons. The van der Waals surface area contributed by atoms with Gasteiger partial charge in [0.25, 0.3) is 0 Å². The van der Waals surface area contributed by atoms with E-state index in [9.17, 15) is 0 Å². The number of hydrogen-bond acceptors (Lipinski definition) is 2. The summed E-state index contributed by atoms with van der Waals surface area (Å²) in [5.74, 6) is 0.657. The predicted octanol–water partition coefficient (Wildman–Crippen LogP) is 4.60. The zero-order chi connectivity index (χ0) is 18.2. The average Bonchev–Trinajstić information content (AvgIpc) is 2.70. The van der Waals surface area contributed by atoms with Crippen molar-refractivity contribution in [3.8, 4) is 11.1 Å². The van der Waals surface area contributed by atoms with E-state index in [1.807, 2.05) is 0 Å². The molecule has 0 spiro atoms. The predicted molar refractivity (Wildman–Crippen MR) is 112 cm³/mol. The van der Waals surface area contributed by atoms with E-state index in [0.29, 0.717) is 18.0 Å². The molecule has 136 valence electrons. The summed E-state index contributed by atoms with van der Waals surface area (Å²) in [6.45, 7) is 5.47. The smallest absolute Gasteiger partial charge is 0.0282 e. The lowest BCUT2D eigenvalue weighted by Gasteiger charge is -2.55. The summed E-state index contributed by atoms with van der Waals surface area (Å²) in [6.07, 6.45) is 0. The topological polar surface area (TPSA) is 15.3 Å². The molecular formula is C25H26N2. The van der Waals surface area contributed by atoms with Gasteiger partial charge in [-0.2, -0.15) is 0 Å². The van der Waals surface area contributed by atoms with E-state index < -0.39 is 0 Å². The third-order valence-electron chi connectivity index (χ3n) is 6.13. The number of piperazine rings is 1. The van der Waals surface area contributed by atoms with E-state index in [-0.39, 0.29) is 0 Å². The Bertz CT molecular complexity index is 887. The molecule has 3 aliphatic rings. The van der Waals surface area contributed by atoms with E-state index in [1.165, 1.54) is 27.8 Å². The summed E-state index contributed by atoms with van der Waals surface area (Å²) < 4.78 is 0. The van der Waals surface area contributed by atoms with E-state index >= 15 is 0 Å². The van der Waals surface area contributed by atoms with Gasteiger partial charge in [0.1, 0.15) is 0 Å². The van der Waals surface area contributed by atoms with Gasteiger partial charge in [-0.3, -0.25) is 4.90 Å². The zero-order valence-corrected chi connectivity index (χ0v) is 15.8. The van der Waals surface area contributed by atoms with Crippen LogP contribution in [0.2, 0.25) is 0 Å². The van der Waals surface area contributed by atoms with Crippen LogP contribution in [0, 0.1) is 6.92 Å². The molecule has 0 aliphatic carbocycles. The van der Waals surface area contributed by atoms with Crippen molar-refractivity contribution in [1.29, 1.82) is 0 Å². The van der Waals surface area contributed by atoms with Crippen LogP contribution >= 0.6 is 0 Å². The SMILES string of the molecule is Cc1ccc(-c2ccc(C3[C@@H]4CN(Cc5ccccc5)C[C@H]3N4)cc2)cc1. The first-order chi connectivity index (χ1) is 13.3. The monoisotopic (exact) mass is 354 g/mol. The molecule has 3 saturated heterocycles. The first-order valence-electron chi connectivity index (χ1n) is 9.95. The second-order valence-corrected chi connectivity index (χ2v) is 8.07. The Morgan fingerprint density at radius 3 is 2.00 bits per heavy atom. The van der Waals surface area contributed by atoms with Gasteiger partial charge in [-0.05, 0) is 29.2 Å². The highest BCUT2D eigenvalue weighted by molar-refractivity contribution is 5.64. The minimum atomic E-state index is 0.581. The molecule has 3 aromatic carbocycles. The molecule has 3 atom stereocenters. The third-order valence-corrected chi connectivity index (χ3v) is 6.13. The van der Waals surface area contributed by atoms with Crippen LogP contribution in [0.3, 0.4) is 0 Å². The van der Waals surface area contributed by atoms with Crippen molar-refractivity contribution in [2.75, 3.05) is 13.1 Å². The number of aryl methyl sites for hydroxylation is 1. The summed E-state index contributed by atoms with van der Waals surface area (Å²) in [6, 6.07) is 30.0. The molecule has 0 aromatic heterocycles. The van der Waals surface area contributed by atoms with Crippen molar-refractivity contribution in [3.63, 3.8) is 0 Å².